The highest BCUT2D eigenvalue weighted by atomic mass is 15.3. The third kappa shape index (κ3) is 4.90. The Hall–Kier alpha value is -0.940. The molecule has 1 heterocycles. The summed E-state index contributed by atoms with van der Waals surface area (Å²) >= 11 is 0. The molecule has 0 aliphatic carbocycles. The summed E-state index contributed by atoms with van der Waals surface area (Å²) in [6.45, 7) is 5.26. The lowest BCUT2D eigenvalue weighted by atomic mass is 10.3. The molecule has 1 aromatic rings. The van der Waals surface area contributed by atoms with Gasteiger partial charge in [-0.15, -0.1) is 0 Å². The fraction of sp³-hybridized carbons (Fsp3) is 0.800. The highest BCUT2D eigenvalue weighted by Crippen LogP contribution is 1.98. The lowest BCUT2D eigenvalue weighted by Crippen LogP contribution is -2.26. The van der Waals surface area contributed by atoms with E-state index in [2.05, 4.69) is 41.3 Å². The summed E-state index contributed by atoms with van der Waals surface area (Å²) in [5.41, 5.74) is 0. The van der Waals surface area contributed by atoms with Crippen LogP contribution < -0.4 is 5.32 Å². The summed E-state index contributed by atoms with van der Waals surface area (Å²) in [6.07, 6.45) is 4.51. The summed E-state index contributed by atoms with van der Waals surface area (Å²) < 4.78 is 1.87. The molecule has 0 spiro atoms. The summed E-state index contributed by atoms with van der Waals surface area (Å²) in [6, 6.07) is 0.367. The molecule has 1 atom stereocenters. The van der Waals surface area contributed by atoms with Gasteiger partial charge in [0.1, 0.15) is 12.7 Å². The van der Waals surface area contributed by atoms with Gasteiger partial charge in [-0.25, -0.2) is 9.67 Å². The second-order valence-electron chi connectivity index (χ2n) is 4.09. The van der Waals surface area contributed by atoms with Crippen LogP contribution in [0.5, 0.6) is 0 Å². The maximum Gasteiger partial charge on any atom is 0.137 e. The predicted molar refractivity (Wildman–Crippen MR) is 60.8 cm³/mol. The molecule has 0 bridgehead atoms. The lowest BCUT2D eigenvalue weighted by Gasteiger charge is -2.13. The molecule has 1 unspecified atom stereocenters. The van der Waals surface area contributed by atoms with E-state index in [0.29, 0.717) is 6.04 Å². The van der Waals surface area contributed by atoms with Crippen LogP contribution >= 0.6 is 0 Å². The first kappa shape index (κ1) is 12.1. The Morgan fingerprint density at radius 3 is 2.87 bits per heavy atom. The molecule has 0 aliphatic rings. The van der Waals surface area contributed by atoms with E-state index in [4.69, 9.17) is 0 Å². The topological polar surface area (TPSA) is 46.0 Å². The van der Waals surface area contributed by atoms with Crippen LogP contribution in [0.4, 0.5) is 0 Å². The van der Waals surface area contributed by atoms with Crippen LogP contribution in [0.25, 0.3) is 0 Å². The summed E-state index contributed by atoms with van der Waals surface area (Å²) in [5, 5.41) is 7.51. The third-order valence-electron chi connectivity index (χ3n) is 2.29. The zero-order chi connectivity index (χ0) is 11.1. The Bertz CT molecular complexity index is 244. The van der Waals surface area contributed by atoms with Crippen LogP contribution in [-0.4, -0.2) is 53.4 Å². The minimum Gasteiger partial charge on any atom is -0.315 e. The van der Waals surface area contributed by atoms with Gasteiger partial charge in [0.2, 0.25) is 0 Å². The lowest BCUT2D eigenvalue weighted by molar-refractivity contribution is 0.385. The average Bonchev–Trinajstić information content (AvgIpc) is 2.69. The quantitative estimate of drug-likeness (QED) is 0.662. The van der Waals surface area contributed by atoms with Crippen molar-refractivity contribution >= 4 is 0 Å². The first-order chi connectivity index (χ1) is 7.20. The minimum absolute atomic E-state index is 0.367. The summed E-state index contributed by atoms with van der Waals surface area (Å²) in [4.78, 5) is 6.13. The van der Waals surface area contributed by atoms with Crippen molar-refractivity contribution in [1.29, 1.82) is 0 Å². The van der Waals surface area contributed by atoms with Gasteiger partial charge in [-0.1, -0.05) is 0 Å². The zero-order valence-corrected chi connectivity index (χ0v) is 9.85. The van der Waals surface area contributed by atoms with Gasteiger partial charge in [-0.3, -0.25) is 0 Å². The Morgan fingerprint density at radius 1 is 1.47 bits per heavy atom. The minimum atomic E-state index is 0.367. The van der Waals surface area contributed by atoms with Crippen molar-refractivity contribution in [2.75, 3.05) is 33.7 Å². The SMILES string of the molecule is CC(CNCCCN(C)C)n1cncn1. The molecule has 5 nitrogen and oxygen atoms in total. The van der Waals surface area contributed by atoms with Crippen LogP contribution in [-0.2, 0) is 0 Å². The Balaban J connectivity index is 2.05. The molecule has 1 aromatic heterocycles. The van der Waals surface area contributed by atoms with Gasteiger partial charge in [-0.05, 0) is 40.5 Å². The van der Waals surface area contributed by atoms with Crippen molar-refractivity contribution in [1.82, 2.24) is 25.0 Å². The Morgan fingerprint density at radius 2 is 2.27 bits per heavy atom. The highest BCUT2D eigenvalue weighted by molar-refractivity contribution is 4.66. The molecule has 0 aliphatic heterocycles. The van der Waals surface area contributed by atoms with Gasteiger partial charge < -0.3 is 10.2 Å². The maximum absolute atomic E-state index is 4.10. The number of hydrogen-bond donors (Lipinski definition) is 1. The summed E-state index contributed by atoms with van der Waals surface area (Å²) in [5.74, 6) is 0. The van der Waals surface area contributed by atoms with Gasteiger partial charge in [-0.2, -0.15) is 5.10 Å². The van der Waals surface area contributed by atoms with Crippen LogP contribution in [0.3, 0.4) is 0 Å². The van der Waals surface area contributed by atoms with Crippen molar-refractivity contribution < 1.29 is 0 Å². The van der Waals surface area contributed by atoms with Crippen molar-refractivity contribution in [2.24, 2.45) is 0 Å². The molecule has 1 N–H and O–H groups in total. The third-order valence-corrected chi connectivity index (χ3v) is 2.29. The van der Waals surface area contributed by atoms with E-state index in [-0.39, 0.29) is 0 Å². The standard InChI is InChI=1S/C10H21N5/c1-10(15-9-12-8-13-15)7-11-5-4-6-14(2)3/h8-11H,4-7H2,1-3H3. The van der Waals surface area contributed by atoms with Crippen LogP contribution in [0.15, 0.2) is 12.7 Å². The van der Waals surface area contributed by atoms with E-state index >= 15 is 0 Å². The molecule has 0 aromatic carbocycles. The fourth-order valence-corrected chi connectivity index (χ4v) is 1.37. The zero-order valence-electron chi connectivity index (χ0n) is 9.85. The van der Waals surface area contributed by atoms with E-state index in [1.54, 1.807) is 12.7 Å². The molecule has 0 saturated heterocycles. The number of hydrogen-bond acceptors (Lipinski definition) is 4. The largest absolute Gasteiger partial charge is 0.315 e. The van der Waals surface area contributed by atoms with Crippen molar-refractivity contribution in [3.05, 3.63) is 12.7 Å². The predicted octanol–water partition coefficient (Wildman–Crippen LogP) is 0.380. The summed E-state index contributed by atoms with van der Waals surface area (Å²) in [7, 11) is 4.19. The molecule has 0 amide bonds. The number of rotatable bonds is 7. The number of aromatic nitrogens is 3. The van der Waals surface area contributed by atoms with Crippen molar-refractivity contribution in [3.8, 4) is 0 Å². The molecule has 0 radical (unpaired) electrons. The molecule has 1 rings (SSSR count). The second-order valence-corrected chi connectivity index (χ2v) is 4.09. The Labute approximate surface area is 91.5 Å². The number of nitrogens with zero attached hydrogens (tertiary/aromatic N) is 4. The van der Waals surface area contributed by atoms with E-state index in [1.807, 2.05) is 4.68 Å². The van der Waals surface area contributed by atoms with Crippen molar-refractivity contribution in [2.45, 2.75) is 19.4 Å². The van der Waals surface area contributed by atoms with Gasteiger partial charge in [0.15, 0.2) is 0 Å². The fourth-order valence-electron chi connectivity index (χ4n) is 1.37. The maximum atomic E-state index is 4.10. The van der Waals surface area contributed by atoms with Gasteiger partial charge >= 0.3 is 0 Å². The van der Waals surface area contributed by atoms with Crippen LogP contribution in [0.1, 0.15) is 19.4 Å². The Kier molecular flexibility index (Phi) is 5.28. The monoisotopic (exact) mass is 211 g/mol. The number of nitrogens with one attached hydrogen (secondary N) is 1. The molecule has 5 heteroatoms. The first-order valence-corrected chi connectivity index (χ1v) is 5.39. The van der Waals surface area contributed by atoms with Crippen LogP contribution in [0, 0.1) is 0 Å². The first-order valence-electron chi connectivity index (χ1n) is 5.39. The van der Waals surface area contributed by atoms with Gasteiger partial charge in [0.05, 0.1) is 6.04 Å². The molecule has 15 heavy (non-hydrogen) atoms. The molecule has 0 fully saturated rings. The van der Waals surface area contributed by atoms with Gasteiger partial charge in [0, 0.05) is 6.54 Å². The smallest absolute Gasteiger partial charge is 0.137 e. The average molecular weight is 211 g/mol. The van der Waals surface area contributed by atoms with Crippen molar-refractivity contribution in [3.63, 3.8) is 0 Å². The molecular formula is C10H21N5. The molecular weight excluding hydrogens is 190 g/mol. The van der Waals surface area contributed by atoms with Gasteiger partial charge in [0.25, 0.3) is 0 Å². The highest BCUT2D eigenvalue weighted by Gasteiger charge is 2.03. The van der Waals surface area contributed by atoms with E-state index < -0.39 is 0 Å². The van der Waals surface area contributed by atoms with Crippen LogP contribution in [0.2, 0.25) is 0 Å². The normalized spacial score (nSPS) is 13.3. The second kappa shape index (κ2) is 6.53. The molecule has 86 valence electrons. The van der Waals surface area contributed by atoms with E-state index in [9.17, 15) is 0 Å². The van der Waals surface area contributed by atoms with E-state index in [0.717, 1.165) is 19.6 Å². The molecule has 0 saturated carbocycles. The van der Waals surface area contributed by atoms with E-state index in [1.165, 1.54) is 6.42 Å².